The van der Waals surface area contributed by atoms with E-state index in [1.54, 1.807) is 30.6 Å². The number of fused-ring (bicyclic) bond motifs is 1. The van der Waals surface area contributed by atoms with E-state index in [9.17, 15) is 9.59 Å². The van der Waals surface area contributed by atoms with Gasteiger partial charge in [0.1, 0.15) is 5.69 Å². The molecule has 3 rings (SSSR count). The molecule has 1 N–H and O–H groups in total. The molecule has 0 saturated heterocycles. The van der Waals surface area contributed by atoms with Crippen molar-refractivity contribution in [2.24, 2.45) is 0 Å². The zero-order valence-electron chi connectivity index (χ0n) is 11.6. The van der Waals surface area contributed by atoms with Crippen molar-refractivity contribution in [3.63, 3.8) is 0 Å². The topological polar surface area (TPSA) is 63.5 Å². The van der Waals surface area contributed by atoms with Crippen LogP contribution in [0.15, 0.2) is 40.6 Å². The Morgan fingerprint density at radius 2 is 2.05 bits per heavy atom. The molecule has 0 aliphatic carbocycles. The summed E-state index contributed by atoms with van der Waals surface area (Å²) >= 11 is 1.38. The summed E-state index contributed by atoms with van der Waals surface area (Å²) in [6, 6.07) is 7.25. The minimum Gasteiger partial charge on any atom is -0.316 e. The quantitative estimate of drug-likeness (QED) is 0.791. The molecule has 0 bridgehead atoms. The highest BCUT2D eigenvalue weighted by atomic mass is 32.1. The third-order valence-corrected chi connectivity index (χ3v) is 4.03. The number of carbonyl (C=O) groups is 1. The summed E-state index contributed by atoms with van der Waals surface area (Å²) in [6.45, 7) is 3.57. The molecule has 2 aromatic heterocycles. The Hall–Kier alpha value is -2.47. The molecule has 0 radical (unpaired) electrons. The molecule has 0 spiro atoms. The van der Waals surface area contributed by atoms with Crippen molar-refractivity contribution in [1.82, 2.24) is 9.38 Å². The molecule has 1 aromatic carbocycles. The zero-order valence-corrected chi connectivity index (χ0v) is 12.4. The second-order valence-electron chi connectivity index (χ2n) is 4.70. The van der Waals surface area contributed by atoms with Crippen molar-refractivity contribution in [2.45, 2.75) is 13.8 Å². The fraction of sp³-hybridized carbons (Fsp3) is 0.133. The smallest absolute Gasteiger partial charge is 0.282 e. The number of nitrogens with one attached hydrogen (secondary N) is 1. The third kappa shape index (κ3) is 2.34. The Bertz CT molecular complexity index is 895. The van der Waals surface area contributed by atoms with Gasteiger partial charge in [-0.15, -0.1) is 11.3 Å². The minimum atomic E-state index is -0.301. The van der Waals surface area contributed by atoms with Gasteiger partial charge in [0, 0.05) is 17.1 Å². The maximum atomic E-state index is 12.4. The van der Waals surface area contributed by atoms with Gasteiger partial charge >= 0.3 is 0 Å². The molecule has 0 unspecified atom stereocenters. The van der Waals surface area contributed by atoms with E-state index in [4.69, 9.17) is 0 Å². The molecule has 6 heteroatoms. The summed E-state index contributed by atoms with van der Waals surface area (Å²) in [5.74, 6) is -0.301. The number of hydrogen-bond acceptors (Lipinski definition) is 4. The average molecular weight is 299 g/mol. The van der Waals surface area contributed by atoms with Crippen molar-refractivity contribution in [3.8, 4) is 0 Å². The van der Waals surface area contributed by atoms with E-state index in [1.165, 1.54) is 15.7 Å². The van der Waals surface area contributed by atoms with Gasteiger partial charge in [-0.2, -0.15) is 0 Å². The van der Waals surface area contributed by atoms with Gasteiger partial charge in [0.05, 0.1) is 5.69 Å². The predicted octanol–water partition coefficient (Wildman–Crippen LogP) is 2.63. The summed E-state index contributed by atoms with van der Waals surface area (Å²) in [5.41, 5.74) is 1.88. The summed E-state index contributed by atoms with van der Waals surface area (Å²) in [5, 5.41) is 4.48. The number of thiazole rings is 1. The Balaban J connectivity index is 2.04. The minimum absolute atomic E-state index is 0.221. The highest BCUT2D eigenvalue weighted by Crippen LogP contribution is 2.14. The number of benzene rings is 1. The van der Waals surface area contributed by atoms with Crippen molar-refractivity contribution in [1.29, 1.82) is 0 Å². The molecule has 106 valence electrons. The van der Waals surface area contributed by atoms with Gasteiger partial charge in [-0.3, -0.25) is 14.0 Å². The molecular weight excluding hydrogens is 286 g/mol. The summed E-state index contributed by atoms with van der Waals surface area (Å²) in [4.78, 5) is 29.7. The van der Waals surface area contributed by atoms with E-state index in [-0.39, 0.29) is 17.2 Å². The number of aromatic nitrogens is 2. The molecule has 0 aliphatic rings. The Morgan fingerprint density at radius 1 is 1.29 bits per heavy atom. The summed E-state index contributed by atoms with van der Waals surface area (Å²) in [7, 11) is 0. The fourth-order valence-electron chi connectivity index (χ4n) is 2.13. The lowest BCUT2D eigenvalue weighted by Crippen LogP contribution is -2.24. The second-order valence-corrected chi connectivity index (χ2v) is 5.58. The van der Waals surface area contributed by atoms with E-state index in [0.29, 0.717) is 16.2 Å². The number of carbonyl (C=O) groups excluding carboxylic acids is 1. The van der Waals surface area contributed by atoms with Crippen LogP contribution in [0.5, 0.6) is 0 Å². The zero-order chi connectivity index (χ0) is 15.0. The lowest BCUT2D eigenvalue weighted by molar-refractivity contribution is 0.102. The molecule has 0 saturated carbocycles. The van der Waals surface area contributed by atoms with Crippen LogP contribution in [0, 0.1) is 13.8 Å². The molecule has 1 amide bonds. The molecule has 0 fully saturated rings. The van der Waals surface area contributed by atoms with Gasteiger partial charge < -0.3 is 5.32 Å². The van der Waals surface area contributed by atoms with Crippen LogP contribution in [0.25, 0.3) is 4.96 Å². The van der Waals surface area contributed by atoms with Gasteiger partial charge in [0.15, 0.2) is 4.96 Å². The molecule has 5 nitrogen and oxygen atoms in total. The maximum absolute atomic E-state index is 12.4. The standard InChI is InChI=1S/C15H13N3O2S/c1-9-5-3-4-6-11(9)13(19)17-12-10(2)16-15-18(14(12)20)7-8-21-15/h3-8H,1-2H3,(H,17,19). The molecule has 0 aliphatic heterocycles. The second kappa shape index (κ2) is 5.14. The van der Waals surface area contributed by atoms with Gasteiger partial charge in [-0.25, -0.2) is 4.98 Å². The van der Waals surface area contributed by atoms with E-state index in [2.05, 4.69) is 10.3 Å². The first-order valence-corrected chi connectivity index (χ1v) is 7.29. The normalized spacial score (nSPS) is 10.8. The molecule has 21 heavy (non-hydrogen) atoms. The number of nitrogens with zero attached hydrogens (tertiary/aromatic N) is 2. The molecule has 2 heterocycles. The number of hydrogen-bond donors (Lipinski definition) is 1. The van der Waals surface area contributed by atoms with Crippen LogP contribution >= 0.6 is 11.3 Å². The molecule has 0 atom stereocenters. The number of amides is 1. The highest BCUT2D eigenvalue weighted by molar-refractivity contribution is 7.15. The van der Waals surface area contributed by atoms with Crippen LogP contribution < -0.4 is 10.9 Å². The van der Waals surface area contributed by atoms with Gasteiger partial charge in [0.2, 0.25) is 0 Å². The largest absolute Gasteiger partial charge is 0.316 e. The fourth-order valence-corrected chi connectivity index (χ4v) is 2.89. The Morgan fingerprint density at radius 3 is 2.81 bits per heavy atom. The van der Waals surface area contributed by atoms with Gasteiger partial charge in [-0.05, 0) is 25.5 Å². The molecule has 3 aromatic rings. The van der Waals surface area contributed by atoms with Crippen molar-refractivity contribution >= 4 is 27.9 Å². The maximum Gasteiger partial charge on any atom is 0.282 e. The number of anilines is 1. The van der Waals surface area contributed by atoms with Crippen LogP contribution in [0.4, 0.5) is 5.69 Å². The monoisotopic (exact) mass is 299 g/mol. The van der Waals surface area contributed by atoms with Crippen molar-refractivity contribution < 1.29 is 4.79 Å². The van der Waals surface area contributed by atoms with E-state index in [1.807, 2.05) is 19.1 Å². The SMILES string of the molecule is Cc1ccccc1C(=O)Nc1c(C)nc2sccn2c1=O. The van der Waals surface area contributed by atoms with Gasteiger partial charge in [-0.1, -0.05) is 18.2 Å². The van der Waals surface area contributed by atoms with Crippen LogP contribution in [0.3, 0.4) is 0 Å². The number of aryl methyl sites for hydroxylation is 2. The number of rotatable bonds is 2. The Labute approximate surface area is 124 Å². The first kappa shape index (κ1) is 13.5. The van der Waals surface area contributed by atoms with Crippen LogP contribution in [-0.2, 0) is 0 Å². The summed E-state index contributed by atoms with van der Waals surface area (Å²) < 4.78 is 1.44. The van der Waals surface area contributed by atoms with E-state index in [0.717, 1.165) is 5.56 Å². The lowest BCUT2D eigenvalue weighted by Gasteiger charge is -2.09. The third-order valence-electron chi connectivity index (χ3n) is 3.28. The first-order chi connectivity index (χ1) is 10.1. The van der Waals surface area contributed by atoms with Gasteiger partial charge in [0.25, 0.3) is 11.5 Å². The summed E-state index contributed by atoms with van der Waals surface area (Å²) in [6.07, 6.45) is 1.65. The molecular formula is C15H13N3O2S. The van der Waals surface area contributed by atoms with E-state index < -0.39 is 0 Å². The first-order valence-electron chi connectivity index (χ1n) is 6.41. The average Bonchev–Trinajstić information content (AvgIpc) is 2.92. The highest BCUT2D eigenvalue weighted by Gasteiger charge is 2.15. The van der Waals surface area contributed by atoms with Crippen LogP contribution in [-0.4, -0.2) is 15.3 Å². The predicted molar refractivity (Wildman–Crippen MR) is 83.2 cm³/mol. The van der Waals surface area contributed by atoms with Crippen molar-refractivity contribution in [3.05, 3.63) is 63.0 Å². The Kier molecular flexibility index (Phi) is 3.31. The van der Waals surface area contributed by atoms with Crippen LogP contribution in [0.2, 0.25) is 0 Å². The lowest BCUT2D eigenvalue weighted by atomic mass is 10.1. The van der Waals surface area contributed by atoms with Crippen molar-refractivity contribution in [2.75, 3.05) is 5.32 Å². The van der Waals surface area contributed by atoms with Crippen LogP contribution in [0.1, 0.15) is 21.6 Å². The van der Waals surface area contributed by atoms with E-state index >= 15 is 0 Å².